The van der Waals surface area contributed by atoms with Crippen molar-refractivity contribution in [2.45, 2.75) is 12.3 Å². The molecule has 0 aliphatic carbocycles. The summed E-state index contributed by atoms with van der Waals surface area (Å²) < 4.78 is 0. The number of amides is 1. The van der Waals surface area contributed by atoms with E-state index in [1.54, 1.807) is 0 Å². The van der Waals surface area contributed by atoms with Gasteiger partial charge in [0.15, 0.2) is 0 Å². The Morgan fingerprint density at radius 1 is 1.08 bits per heavy atom. The van der Waals surface area contributed by atoms with Gasteiger partial charge < -0.3 is 9.80 Å². The minimum atomic E-state index is 0.110. The molecule has 1 atom stereocenters. The van der Waals surface area contributed by atoms with Gasteiger partial charge in [-0.15, -0.1) is 0 Å². The highest BCUT2D eigenvalue weighted by molar-refractivity contribution is 5.94. The Morgan fingerprint density at radius 2 is 1.81 bits per heavy atom. The lowest BCUT2D eigenvalue weighted by Crippen LogP contribution is -2.28. The van der Waals surface area contributed by atoms with Crippen LogP contribution in [0.2, 0.25) is 0 Å². The van der Waals surface area contributed by atoms with Gasteiger partial charge in [0.05, 0.1) is 0 Å². The second kappa shape index (κ2) is 6.79. The molecule has 0 spiro atoms. The lowest BCUT2D eigenvalue weighted by Gasteiger charge is -2.18. The number of benzene rings is 2. The highest BCUT2D eigenvalue weighted by Crippen LogP contribution is 2.29. The molecule has 1 aliphatic rings. The third-order valence-electron chi connectivity index (χ3n) is 5.18. The summed E-state index contributed by atoms with van der Waals surface area (Å²) in [5, 5.41) is 2.37. The van der Waals surface area contributed by atoms with Crippen molar-refractivity contribution in [1.82, 2.24) is 9.88 Å². The van der Waals surface area contributed by atoms with E-state index in [2.05, 4.69) is 23.2 Å². The maximum absolute atomic E-state index is 12.8. The fraction of sp³-hybridized carbons (Fsp3) is 0.273. The highest BCUT2D eigenvalue weighted by atomic mass is 16.2. The molecule has 26 heavy (non-hydrogen) atoms. The molecule has 132 valence electrons. The first kappa shape index (κ1) is 16.6. The quantitative estimate of drug-likeness (QED) is 0.722. The number of nitrogens with zero attached hydrogens (tertiary/aromatic N) is 3. The van der Waals surface area contributed by atoms with Crippen molar-refractivity contribution < 1.29 is 4.79 Å². The Kier molecular flexibility index (Phi) is 4.33. The van der Waals surface area contributed by atoms with E-state index in [-0.39, 0.29) is 5.91 Å². The van der Waals surface area contributed by atoms with E-state index in [0.29, 0.717) is 5.92 Å². The lowest BCUT2D eigenvalue weighted by molar-refractivity contribution is 0.0790. The molecule has 0 N–H and O–H groups in total. The summed E-state index contributed by atoms with van der Waals surface area (Å²) in [5.41, 5.74) is 2.94. The average molecular weight is 345 g/mol. The molecular formula is C22H23N3O. The zero-order chi connectivity index (χ0) is 18.1. The molecule has 4 nitrogen and oxygen atoms in total. The number of aromatic nitrogens is 1. The molecule has 0 bridgehead atoms. The van der Waals surface area contributed by atoms with Crippen LogP contribution in [0.3, 0.4) is 0 Å². The van der Waals surface area contributed by atoms with Gasteiger partial charge in [-0.3, -0.25) is 9.78 Å². The smallest absolute Gasteiger partial charge is 0.253 e. The van der Waals surface area contributed by atoms with Crippen LogP contribution in [-0.4, -0.2) is 43.0 Å². The van der Waals surface area contributed by atoms with Gasteiger partial charge in [-0.2, -0.15) is 0 Å². The lowest BCUT2D eigenvalue weighted by atomic mass is 10.0. The number of carbonyl (C=O) groups is 1. The normalized spacial score (nSPS) is 16.8. The minimum Gasteiger partial charge on any atom is -0.378 e. The number of carbonyl (C=O) groups excluding carboxylic acids is 1. The third kappa shape index (κ3) is 3.15. The highest BCUT2D eigenvalue weighted by Gasteiger charge is 2.28. The summed E-state index contributed by atoms with van der Waals surface area (Å²) in [4.78, 5) is 21.4. The summed E-state index contributed by atoms with van der Waals surface area (Å²) in [6, 6.07) is 18.3. The predicted octanol–water partition coefficient (Wildman–Crippen LogP) is 3.93. The summed E-state index contributed by atoms with van der Waals surface area (Å²) in [6.07, 6.45) is 2.90. The zero-order valence-corrected chi connectivity index (χ0v) is 15.2. The van der Waals surface area contributed by atoms with Crippen molar-refractivity contribution in [1.29, 1.82) is 0 Å². The van der Waals surface area contributed by atoms with Crippen molar-refractivity contribution in [2.24, 2.45) is 0 Å². The minimum absolute atomic E-state index is 0.110. The maximum atomic E-state index is 12.8. The number of hydrogen-bond donors (Lipinski definition) is 0. The van der Waals surface area contributed by atoms with Crippen molar-refractivity contribution in [3.05, 3.63) is 72.1 Å². The van der Waals surface area contributed by atoms with Crippen LogP contribution in [0, 0.1) is 0 Å². The molecule has 2 aromatic carbocycles. The van der Waals surface area contributed by atoms with Gasteiger partial charge >= 0.3 is 0 Å². The molecule has 4 heteroatoms. The Balaban J connectivity index is 1.49. The van der Waals surface area contributed by atoms with Gasteiger partial charge in [-0.05, 0) is 42.1 Å². The second-order valence-corrected chi connectivity index (χ2v) is 7.13. The molecule has 4 rings (SSSR count). The Labute approximate surface area is 154 Å². The summed E-state index contributed by atoms with van der Waals surface area (Å²) in [5.74, 6) is 0.420. The van der Waals surface area contributed by atoms with E-state index >= 15 is 0 Å². The first-order chi connectivity index (χ1) is 12.6. The Morgan fingerprint density at radius 3 is 2.54 bits per heavy atom. The standard InChI is InChI=1S/C22H23N3O/c1-24(2)20-9-7-16(8-10-20)22(26)25-12-11-19(15-25)21-13-17-5-3-4-6-18(17)14-23-21/h3-10,13-14,19H,11-12,15H2,1-2H3/t19-/m1/s1. The largest absolute Gasteiger partial charge is 0.378 e. The molecule has 1 saturated heterocycles. The van der Waals surface area contributed by atoms with Crippen molar-refractivity contribution in [2.75, 3.05) is 32.1 Å². The van der Waals surface area contributed by atoms with E-state index in [1.165, 1.54) is 5.39 Å². The van der Waals surface area contributed by atoms with E-state index < -0.39 is 0 Å². The van der Waals surface area contributed by atoms with Gasteiger partial charge in [0.1, 0.15) is 0 Å². The molecular weight excluding hydrogens is 322 g/mol. The first-order valence-electron chi connectivity index (χ1n) is 9.03. The average Bonchev–Trinajstić information content (AvgIpc) is 3.17. The fourth-order valence-electron chi connectivity index (χ4n) is 3.59. The van der Waals surface area contributed by atoms with Crippen LogP contribution >= 0.6 is 0 Å². The fourth-order valence-corrected chi connectivity index (χ4v) is 3.59. The number of likely N-dealkylation sites (tertiary alicyclic amines) is 1. The third-order valence-corrected chi connectivity index (χ3v) is 5.18. The summed E-state index contributed by atoms with van der Waals surface area (Å²) >= 11 is 0. The van der Waals surface area contributed by atoms with E-state index in [4.69, 9.17) is 0 Å². The Bertz CT molecular complexity index is 934. The van der Waals surface area contributed by atoms with Crippen molar-refractivity contribution in [3.63, 3.8) is 0 Å². The van der Waals surface area contributed by atoms with Crippen LogP contribution < -0.4 is 4.90 Å². The Hall–Kier alpha value is -2.88. The van der Waals surface area contributed by atoms with Crippen LogP contribution in [0.1, 0.15) is 28.4 Å². The van der Waals surface area contributed by atoms with E-state index in [1.807, 2.05) is 66.5 Å². The van der Waals surface area contributed by atoms with Gasteiger partial charge in [0.25, 0.3) is 5.91 Å². The van der Waals surface area contributed by atoms with Crippen LogP contribution in [0.15, 0.2) is 60.8 Å². The molecule has 1 aliphatic heterocycles. The molecule has 1 fully saturated rings. The van der Waals surface area contributed by atoms with E-state index in [9.17, 15) is 4.79 Å². The second-order valence-electron chi connectivity index (χ2n) is 7.13. The van der Waals surface area contributed by atoms with Crippen LogP contribution in [-0.2, 0) is 0 Å². The molecule has 2 heterocycles. The molecule has 0 radical (unpaired) electrons. The number of hydrogen-bond acceptors (Lipinski definition) is 3. The maximum Gasteiger partial charge on any atom is 0.253 e. The number of anilines is 1. The predicted molar refractivity (Wildman–Crippen MR) is 106 cm³/mol. The molecule has 1 amide bonds. The zero-order valence-electron chi connectivity index (χ0n) is 15.2. The van der Waals surface area contributed by atoms with Crippen LogP contribution in [0.25, 0.3) is 10.8 Å². The number of fused-ring (bicyclic) bond motifs is 1. The topological polar surface area (TPSA) is 36.4 Å². The number of rotatable bonds is 3. The summed E-state index contributed by atoms with van der Waals surface area (Å²) in [6.45, 7) is 1.52. The molecule has 0 unspecified atom stereocenters. The monoisotopic (exact) mass is 345 g/mol. The summed E-state index contributed by atoms with van der Waals surface area (Å²) in [7, 11) is 4.00. The first-order valence-corrected chi connectivity index (χ1v) is 9.03. The van der Waals surface area contributed by atoms with Crippen molar-refractivity contribution in [3.8, 4) is 0 Å². The van der Waals surface area contributed by atoms with Crippen LogP contribution in [0.4, 0.5) is 5.69 Å². The van der Waals surface area contributed by atoms with Crippen LogP contribution in [0.5, 0.6) is 0 Å². The molecule has 3 aromatic rings. The molecule has 1 aromatic heterocycles. The van der Waals surface area contributed by atoms with Crippen molar-refractivity contribution >= 4 is 22.4 Å². The van der Waals surface area contributed by atoms with E-state index in [0.717, 1.165) is 41.8 Å². The van der Waals surface area contributed by atoms with Gasteiger partial charge in [-0.1, -0.05) is 24.3 Å². The SMILES string of the molecule is CN(C)c1ccc(C(=O)N2CC[C@@H](c3cc4ccccc4cn3)C2)cc1. The molecule has 0 saturated carbocycles. The van der Waals surface area contributed by atoms with Gasteiger partial charge in [-0.25, -0.2) is 0 Å². The van der Waals surface area contributed by atoms with Gasteiger partial charge in [0.2, 0.25) is 0 Å². The number of pyridine rings is 1. The van der Waals surface area contributed by atoms with Gasteiger partial charge in [0, 0.05) is 61.6 Å².